The van der Waals surface area contributed by atoms with Gasteiger partial charge in [0.15, 0.2) is 0 Å². The number of alkyl halides is 3. The third-order valence-electron chi connectivity index (χ3n) is 4.51. The topological polar surface area (TPSA) is 65.2 Å². The molecule has 0 bridgehead atoms. The fraction of sp³-hybridized carbons (Fsp3) is 0.412. The van der Waals surface area contributed by atoms with E-state index in [1.54, 1.807) is 24.4 Å². The van der Waals surface area contributed by atoms with Crippen molar-refractivity contribution in [1.29, 1.82) is 0 Å². The molecular weight excluding hydrogens is 335 g/mol. The molecular formula is C17H18F3N3O2. The molecule has 134 valence electrons. The minimum atomic E-state index is -4.46. The zero-order valence-electron chi connectivity index (χ0n) is 13.6. The number of nitrogens with zero attached hydrogens (tertiary/aromatic N) is 1. The molecule has 3 rings (SSSR count). The van der Waals surface area contributed by atoms with Crippen LogP contribution >= 0.6 is 0 Å². The minimum absolute atomic E-state index is 0.141. The van der Waals surface area contributed by atoms with Gasteiger partial charge in [-0.2, -0.15) is 13.2 Å². The Bertz CT molecular complexity index is 800. The van der Waals surface area contributed by atoms with E-state index in [1.807, 2.05) is 6.07 Å². The number of carbonyl (C=O) groups excluding carboxylic acids is 2. The molecule has 25 heavy (non-hydrogen) atoms. The number of benzene rings is 1. The van der Waals surface area contributed by atoms with E-state index in [0.29, 0.717) is 5.56 Å². The van der Waals surface area contributed by atoms with E-state index in [1.165, 1.54) is 0 Å². The molecule has 2 atom stereocenters. The minimum Gasteiger partial charge on any atom is -0.361 e. The van der Waals surface area contributed by atoms with Crippen molar-refractivity contribution in [2.75, 3.05) is 6.54 Å². The summed E-state index contributed by atoms with van der Waals surface area (Å²) in [7, 11) is 0. The van der Waals surface area contributed by atoms with Gasteiger partial charge in [-0.15, -0.1) is 0 Å². The predicted octanol–water partition coefficient (Wildman–Crippen LogP) is 2.84. The number of rotatable bonds is 2. The van der Waals surface area contributed by atoms with Crippen LogP contribution in [0.4, 0.5) is 13.2 Å². The Morgan fingerprint density at radius 1 is 1.24 bits per heavy atom. The first-order valence-electron chi connectivity index (χ1n) is 7.97. The van der Waals surface area contributed by atoms with Gasteiger partial charge in [0.2, 0.25) is 5.91 Å². The first-order valence-corrected chi connectivity index (χ1v) is 7.97. The quantitative estimate of drug-likeness (QED) is 0.872. The van der Waals surface area contributed by atoms with Crippen molar-refractivity contribution in [2.45, 2.75) is 38.0 Å². The van der Waals surface area contributed by atoms with Crippen molar-refractivity contribution < 1.29 is 22.8 Å². The normalized spacial score (nSPS) is 21.4. The lowest BCUT2D eigenvalue weighted by Crippen LogP contribution is -2.57. The van der Waals surface area contributed by atoms with Gasteiger partial charge in [-0.05, 0) is 37.1 Å². The Morgan fingerprint density at radius 3 is 2.68 bits per heavy atom. The number of likely N-dealkylation sites (tertiary alicyclic amines) is 1. The SMILES string of the molecule is CC(=O)N1CC(NC(=O)c2ccc3[nH]ccc3c2)CCC1C(F)(F)F. The largest absolute Gasteiger partial charge is 0.408 e. The number of hydrogen-bond donors (Lipinski definition) is 2. The summed E-state index contributed by atoms with van der Waals surface area (Å²) in [6.07, 6.45) is -2.74. The second kappa shape index (κ2) is 6.42. The van der Waals surface area contributed by atoms with Crippen LogP contribution in [0.2, 0.25) is 0 Å². The van der Waals surface area contributed by atoms with E-state index in [2.05, 4.69) is 10.3 Å². The third-order valence-corrected chi connectivity index (χ3v) is 4.51. The second-order valence-electron chi connectivity index (χ2n) is 6.26. The summed E-state index contributed by atoms with van der Waals surface area (Å²) >= 11 is 0. The Labute approximate surface area is 142 Å². The summed E-state index contributed by atoms with van der Waals surface area (Å²) in [5.74, 6) is -1.00. The lowest BCUT2D eigenvalue weighted by molar-refractivity contribution is -0.196. The monoisotopic (exact) mass is 353 g/mol. The molecule has 2 aromatic rings. The van der Waals surface area contributed by atoms with Gasteiger partial charge in [-0.3, -0.25) is 9.59 Å². The molecule has 2 amide bonds. The fourth-order valence-corrected chi connectivity index (χ4v) is 3.24. The highest BCUT2D eigenvalue weighted by Gasteiger charge is 2.47. The Balaban J connectivity index is 1.70. The van der Waals surface area contributed by atoms with Crippen LogP contribution in [0.25, 0.3) is 10.9 Å². The van der Waals surface area contributed by atoms with Gasteiger partial charge in [-0.1, -0.05) is 0 Å². The molecule has 1 fully saturated rings. The maximum atomic E-state index is 13.0. The van der Waals surface area contributed by atoms with Crippen LogP contribution in [0.5, 0.6) is 0 Å². The maximum Gasteiger partial charge on any atom is 0.408 e. The number of fused-ring (bicyclic) bond motifs is 1. The molecule has 0 saturated carbocycles. The molecule has 0 aliphatic carbocycles. The molecule has 1 saturated heterocycles. The Hall–Kier alpha value is -2.51. The third kappa shape index (κ3) is 3.62. The number of aromatic amines is 1. The predicted molar refractivity (Wildman–Crippen MR) is 86.0 cm³/mol. The number of nitrogens with one attached hydrogen (secondary N) is 2. The van der Waals surface area contributed by atoms with Crippen molar-refractivity contribution in [3.8, 4) is 0 Å². The highest BCUT2D eigenvalue weighted by Crippen LogP contribution is 2.32. The Kier molecular flexibility index (Phi) is 4.45. The highest BCUT2D eigenvalue weighted by molar-refractivity contribution is 5.98. The zero-order valence-corrected chi connectivity index (χ0v) is 13.6. The molecule has 2 N–H and O–H groups in total. The van der Waals surface area contributed by atoms with Crippen molar-refractivity contribution in [2.24, 2.45) is 0 Å². The summed E-state index contributed by atoms with van der Waals surface area (Å²) in [6, 6.07) is 4.68. The summed E-state index contributed by atoms with van der Waals surface area (Å²) in [4.78, 5) is 27.8. The van der Waals surface area contributed by atoms with Gasteiger partial charge in [0.25, 0.3) is 5.91 Å². The van der Waals surface area contributed by atoms with Gasteiger partial charge in [0, 0.05) is 42.2 Å². The van der Waals surface area contributed by atoms with E-state index in [0.717, 1.165) is 22.7 Å². The summed E-state index contributed by atoms with van der Waals surface area (Å²) in [5.41, 5.74) is 1.32. The number of carbonyl (C=O) groups is 2. The zero-order chi connectivity index (χ0) is 18.2. The number of amides is 2. The molecule has 5 nitrogen and oxygen atoms in total. The summed E-state index contributed by atoms with van der Waals surface area (Å²) in [6.45, 7) is 0.973. The van der Waals surface area contributed by atoms with Crippen LogP contribution in [0.1, 0.15) is 30.1 Å². The van der Waals surface area contributed by atoms with Crippen LogP contribution in [-0.2, 0) is 4.79 Å². The summed E-state index contributed by atoms with van der Waals surface area (Å²) in [5, 5.41) is 3.61. The van der Waals surface area contributed by atoms with E-state index in [4.69, 9.17) is 0 Å². The highest BCUT2D eigenvalue weighted by atomic mass is 19.4. The summed E-state index contributed by atoms with van der Waals surface area (Å²) < 4.78 is 39.1. The number of H-pyrrole nitrogens is 1. The van der Waals surface area contributed by atoms with Crippen LogP contribution in [-0.4, -0.2) is 46.5 Å². The lowest BCUT2D eigenvalue weighted by atomic mass is 9.97. The molecule has 2 heterocycles. The molecule has 1 aromatic carbocycles. The van der Waals surface area contributed by atoms with Gasteiger partial charge in [0.1, 0.15) is 6.04 Å². The average molecular weight is 353 g/mol. The van der Waals surface area contributed by atoms with Crippen LogP contribution in [0.3, 0.4) is 0 Å². The molecule has 0 radical (unpaired) electrons. The molecule has 2 unspecified atom stereocenters. The van der Waals surface area contributed by atoms with Crippen LogP contribution < -0.4 is 5.32 Å². The molecule has 1 aliphatic rings. The maximum absolute atomic E-state index is 13.0. The van der Waals surface area contributed by atoms with Gasteiger partial charge >= 0.3 is 6.18 Å². The lowest BCUT2D eigenvalue weighted by Gasteiger charge is -2.40. The van der Waals surface area contributed by atoms with Crippen LogP contribution in [0.15, 0.2) is 30.5 Å². The molecule has 1 aliphatic heterocycles. The van der Waals surface area contributed by atoms with Crippen molar-refractivity contribution in [1.82, 2.24) is 15.2 Å². The second-order valence-corrected chi connectivity index (χ2v) is 6.26. The number of piperidine rings is 1. The van der Waals surface area contributed by atoms with Crippen LogP contribution in [0, 0.1) is 0 Å². The van der Waals surface area contributed by atoms with E-state index < -0.39 is 24.2 Å². The van der Waals surface area contributed by atoms with Gasteiger partial charge in [-0.25, -0.2) is 0 Å². The first-order chi connectivity index (χ1) is 11.8. The van der Waals surface area contributed by atoms with Crippen molar-refractivity contribution >= 4 is 22.7 Å². The van der Waals surface area contributed by atoms with E-state index in [-0.39, 0.29) is 25.3 Å². The number of halogens is 3. The smallest absolute Gasteiger partial charge is 0.361 e. The number of hydrogen-bond acceptors (Lipinski definition) is 2. The fourth-order valence-electron chi connectivity index (χ4n) is 3.24. The van der Waals surface area contributed by atoms with Gasteiger partial charge in [0.05, 0.1) is 0 Å². The van der Waals surface area contributed by atoms with Crippen molar-refractivity contribution in [3.05, 3.63) is 36.0 Å². The number of aromatic nitrogens is 1. The van der Waals surface area contributed by atoms with E-state index >= 15 is 0 Å². The standard InChI is InChI=1S/C17H18F3N3O2/c1-10(24)23-9-13(3-5-15(23)17(18,19)20)22-16(25)12-2-4-14-11(8-12)6-7-21-14/h2,4,6-8,13,15,21H,3,5,9H2,1H3,(H,22,25). The van der Waals surface area contributed by atoms with Gasteiger partial charge < -0.3 is 15.2 Å². The average Bonchev–Trinajstić information content (AvgIpc) is 3.01. The first kappa shape index (κ1) is 17.3. The molecule has 8 heteroatoms. The molecule has 1 aromatic heterocycles. The molecule has 0 spiro atoms. The van der Waals surface area contributed by atoms with E-state index in [9.17, 15) is 22.8 Å². The Morgan fingerprint density at radius 2 is 2.00 bits per heavy atom. The van der Waals surface area contributed by atoms with Crippen molar-refractivity contribution in [3.63, 3.8) is 0 Å².